The van der Waals surface area contributed by atoms with Gasteiger partial charge in [0.1, 0.15) is 0 Å². The van der Waals surface area contributed by atoms with Gasteiger partial charge in [-0.3, -0.25) is 4.79 Å². The van der Waals surface area contributed by atoms with Crippen LogP contribution >= 0.6 is 11.3 Å². The van der Waals surface area contributed by atoms with Crippen molar-refractivity contribution in [2.45, 2.75) is 13.0 Å². The highest BCUT2D eigenvalue weighted by Crippen LogP contribution is 2.19. The second-order valence-electron chi connectivity index (χ2n) is 4.33. The van der Waals surface area contributed by atoms with Gasteiger partial charge in [-0.1, -0.05) is 0 Å². The number of carboxylic acid groups (broad SMARTS) is 1. The van der Waals surface area contributed by atoms with Crippen molar-refractivity contribution in [2.75, 3.05) is 19.8 Å². The lowest BCUT2D eigenvalue weighted by Gasteiger charge is -2.33. The highest BCUT2D eigenvalue weighted by molar-refractivity contribution is 7.11. The van der Waals surface area contributed by atoms with Crippen molar-refractivity contribution in [1.82, 2.24) is 4.90 Å². The maximum absolute atomic E-state index is 12.3. The summed E-state index contributed by atoms with van der Waals surface area (Å²) in [5.74, 6) is -1.02. The standard InChI is InChI=1S/C13H15NO4S/c1-9-7-18-5-4-14(9)13(17)10-6-11(19-8-10)2-3-12(15)16/h2-3,6,8-9H,4-5,7H2,1H3,(H,15,16). The van der Waals surface area contributed by atoms with Crippen LogP contribution in [0.5, 0.6) is 0 Å². The fourth-order valence-corrected chi connectivity index (χ4v) is 2.67. The van der Waals surface area contributed by atoms with Crippen LogP contribution < -0.4 is 0 Å². The second-order valence-corrected chi connectivity index (χ2v) is 5.27. The molecule has 1 amide bonds. The molecule has 6 heteroatoms. The van der Waals surface area contributed by atoms with Crippen molar-refractivity contribution in [2.24, 2.45) is 0 Å². The predicted octanol–water partition coefficient (Wildman–Crippen LogP) is 1.71. The van der Waals surface area contributed by atoms with Gasteiger partial charge in [0.25, 0.3) is 5.91 Å². The van der Waals surface area contributed by atoms with Gasteiger partial charge < -0.3 is 14.7 Å². The fourth-order valence-electron chi connectivity index (χ4n) is 1.90. The number of carbonyl (C=O) groups excluding carboxylic acids is 1. The maximum atomic E-state index is 12.3. The van der Waals surface area contributed by atoms with Gasteiger partial charge >= 0.3 is 5.97 Å². The minimum atomic E-state index is -0.997. The molecule has 1 aliphatic rings. The Balaban J connectivity index is 2.09. The summed E-state index contributed by atoms with van der Waals surface area (Å²) in [6.07, 6.45) is 2.56. The maximum Gasteiger partial charge on any atom is 0.328 e. The lowest BCUT2D eigenvalue weighted by atomic mass is 10.2. The largest absolute Gasteiger partial charge is 0.478 e. The topological polar surface area (TPSA) is 66.8 Å². The summed E-state index contributed by atoms with van der Waals surface area (Å²) in [6.45, 7) is 3.67. The quantitative estimate of drug-likeness (QED) is 0.856. The summed E-state index contributed by atoms with van der Waals surface area (Å²) in [7, 11) is 0. The lowest BCUT2D eigenvalue weighted by molar-refractivity contribution is -0.131. The van der Waals surface area contributed by atoms with E-state index in [1.54, 1.807) is 16.3 Å². The lowest BCUT2D eigenvalue weighted by Crippen LogP contribution is -2.46. The molecule has 0 aliphatic carbocycles. The number of rotatable bonds is 3. The van der Waals surface area contributed by atoms with E-state index in [0.717, 1.165) is 11.0 Å². The first-order valence-electron chi connectivity index (χ1n) is 5.96. The fraction of sp³-hybridized carbons (Fsp3) is 0.385. The van der Waals surface area contributed by atoms with Gasteiger partial charge in [-0.2, -0.15) is 0 Å². The van der Waals surface area contributed by atoms with E-state index in [9.17, 15) is 9.59 Å². The van der Waals surface area contributed by atoms with Crippen molar-refractivity contribution >= 4 is 29.3 Å². The highest BCUT2D eigenvalue weighted by Gasteiger charge is 2.25. The number of morpholine rings is 1. The van der Waals surface area contributed by atoms with Crippen LogP contribution in [0.4, 0.5) is 0 Å². The normalized spacial score (nSPS) is 19.8. The van der Waals surface area contributed by atoms with E-state index >= 15 is 0 Å². The Morgan fingerprint density at radius 2 is 2.37 bits per heavy atom. The Hall–Kier alpha value is -1.66. The van der Waals surface area contributed by atoms with Gasteiger partial charge in [-0.05, 0) is 19.1 Å². The Morgan fingerprint density at radius 1 is 1.58 bits per heavy atom. The predicted molar refractivity (Wildman–Crippen MR) is 72.3 cm³/mol. The van der Waals surface area contributed by atoms with Crippen LogP contribution in [-0.2, 0) is 9.53 Å². The van der Waals surface area contributed by atoms with E-state index in [1.165, 1.54) is 17.4 Å². The van der Waals surface area contributed by atoms with Crippen LogP contribution in [0.3, 0.4) is 0 Å². The molecule has 0 spiro atoms. The molecule has 1 fully saturated rings. The Morgan fingerprint density at radius 3 is 3.05 bits per heavy atom. The van der Waals surface area contributed by atoms with E-state index < -0.39 is 5.97 Å². The van der Waals surface area contributed by atoms with Crippen molar-refractivity contribution in [1.29, 1.82) is 0 Å². The number of carbonyl (C=O) groups is 2. The van der Waals surface area contributed by atoms with Crippen LogP contribution in [0.25, 0.3) is 6.08 Å². The Labute approximate surface area is 115 Å². The van der Waals surface area contributed by atoms with Crippen molar-refractivity contribution < 1.29 is 19.4 Å². The molecule has 2 heterocycles. The first-order valence-corrected chi connectivity index (χ1v) is 6.84. The average Bonchev–Trinajstić information content (AvgIpc) is 2.85. The summed E-state index contributed by atoms with van der Waals surface area (Å²) in [5, 5.41) is 10.3. The molecular weight excluding hydrogens is 266 g/mol. The van der Waals surface area contributed by atoms with Crippen LogP contribution in [0.1, 0.15) is 22.2 Å². The minimum absolute atomic E-state index is 0.0259. The number of amides is 1. The Kier molecular flexibility index (Phi) is 4.34. The summed E-state index contributed by atoms with van der Waals surface area (Å²) in [6, 6.07) is 1.79. The van der Waals surface area contributed by atoms with Crippen LogP contribution in [0.2, 0.25) is 0 Å². The molecular formula is C13H15NO4S. The summed E-state index contributed by atoms with van der Waals surface area (Å²) >= 11 is 1.36. The molecule has 1 aromatic rings. The van der Waals surface area contributed by atoms with Crippen LogP contribution in [0, 0.1) is 0 Å². The monoisotopic (exact) mass is 281 g/mol. The molecule has 1 saturated heterocycles. The molecule has 19 heavy (non-hydrogen) atoms. The number of nitrogens with zero attached hydrogens (tertiary/aromatic N) is 1. The molecule has 1 unspecified atom stereocenters. The molecule has 5 nitrogen and oxygen atoms in total. The first-order chi connectivity index (χ1) is 9.08. The zero-order valence-corrected chi connectivity index (χ0v) is 11.4. The molecule has 1 atom stereocenters. The van der Waals surface area contributed by atoms with E-state index in [1.807, 2.05) is 6.92 Å². The SMILES string of the molecule is CC1COCCN1C(=O)c1csc(C=CC(=O)O)c1. The van der Waals surface area contributed by atoms with Gasteiger partial charge in [-0.25, -0.2) is 4.79 Å². The third-order valence-corrected chi connectivity index (χ3v) is 3.78. The van der Waals surface area contributed by atoms with E-state index in [0.29, 0.717) is 25.3 Å². The summed E-state index contributed by atoms with van der Waals surface area (Å²) in [5.41, 5.74) is 0.601. The first kappa shape index (κ1) is 13.8. The Bertz CT molecular complexity index is 508. The summed E-state index contributed by atoms with van der Waals surface area (Å²) < 4.78 is 5.30. The van der Waals surface area contributed by atoms with Crippen LogP contribution in [-0.4, -0.2) is 47.7 Å². The molecule has 0 bridgehead atoms. The molecule has 0 saturated carbocycles. The summed E-state index contributed by atoms with van der Waals surface area (Å²) in [4.78, 5) is 25.3. The number of carboxylic acids is 1. The number of aliphatic carboxylic acids is 1. The molecule has 1 N–H and O–H groups in total. The van der Waals surface area contributed by atoms with Crippen molar-refractivity contribution in [3.8, 4) is 0 Å². The third kappa shape index (κ3) is 3.42. The molecule has 1 aromatic heterocycles. The van der Waals surface area contributed by atoms with Gasteiger partial charge in [0.2, 0.25) is 0 Å². The van der Waals surface area contributed by atoms with Crippen LogP contribution in [0.15, 0.2) is 17.5 Å². The van der Waals surface area contributed by atoms with Crippen molar-refractivity contribution in [3.63, 3.8) is 0 Å². The molecule has 2 rings (SSSR count). The number of hydrogen-bond acceptors (Lipinski definition) is 4. The van der Waals surface area contributed by atoms with Crippen molar-refractivity contribution in [3.05, 3.63) is 28.0 Å². The smallest absolute Gasteiger partial charge is 0.328 e. The zero-order chi connectivity index (χ0) is 13.8. The number of hydrogen-bond donors (Lipinski definition) is 1. The molecule has 0 aromatic carbocycles. The highest BCUT2D eigenvalue weighted by atomic mass is 32.1. The second kappa shape index (κ2) is 5.99. The van der Waals surface area contributed by atoms with Gasteiger partial charge in [0.05, 0.1) is 24.8 Å². The molecule has 1 aliphatic heterocycles. The van der Waals surface area contributed by atoms with Gasteiger partial charge in [0.15, 0.2) is 0 Å². The minimum Gasteiger partial charge on any atom is -0.478 e. The van der Waals surface area contributed by atoms with E-state index in [2.05, 4.69) is 0 Å². The van der Waals surface area contributed by atoms with Gasteiger partial charge in [-0.15, -0.1) is 11.3 Å². The third-order valence-electron chi connectivity index (χ3n) is 2.89. The zero-order valence-electron chi connectivity index (χ0n) is 10.5. The molecule has 102 valence electrons. The van der Waals surface area contributed by atoms with E-state index in [-0.39, 0.29) is 11.9 Å². The number of ether oxygens (including phenoxy) is 1. The van der Waals surface area contributed by atoms with E-state index in [4.69, 9.17) is 9.84 Å². The van der Waals surface area contributed by atoms with Gasteiger partial charge in [0, 0.05) is 22.9 Å². The average molecular weight is 281 g/mol. The number of thiophene rings is 1. The molecule has 0 radical (unpaired) electrons.